The highest BCUT2D eigenvalue weighted by molar-refractivity contribution is 7.89. The molecule has 0 saturated carbocycles. The van der Waals surface area contributed by atoms with Crippen molar-refractivity contribution in [2.75, 3.05) is 19.7 Å². The van der Waals surface area contributed by atoms with Gasteiger partial charge in [0, 0.05) is 19.1 Å². The lowest BCUT2D eigenvalue weighted by atomic mass is 10.1. The van der Waals surface area contributed by atoms with Crippen molar-refractivity contribution < 1.29 is 22.7 Å². The Balaban J connectivity index is 2.10. The van der Waals surface area contributed by atoms with Crippen molar-refractivity contribution in [1.29, 1.82) is 0 Å². The number of sulfonamides is 1. The van der Waals surface area contributed by atoms with E-state index in [4.69, 9.17) is 4.74 Å². The van der Waals surface area contributed by atoms with E-state index < -0.39 is 22.6 Å². The van der Waals surface area contributed by atoms with Gasteiger partial charge in [0.1, 0.15) is 0 Å². The van der Waals surface area contributed by atoms with Gasteiger partial charge >= 0.3 is 5.97 Å². The SMILES string of the molecule is Cc1ccc(S(=O)(=O)N2CCCCC2)cc1C(=O)OCC(=O)N[C@H](C)C(C)C. The molecule has 0 bridgehead atoms. The molecule has 1 heterocycles. The summed E-state index contributed by atoms with van der Waals surface area (Å²) in [7, 11) is -3.65. The molecule has 0 unspecified atom stereocenters. The summed E-state index contributed by atoms with van der Waals surface area (Å²) in [6.07, 6.45) is 2.70. The zero-order valence-corrected chi connectivity index (χ0v) is 17.8. The van der Waals surface area contributed by atoms with E-state index >= 15 is 0 Å². The second-order valence-corrected chi connectivity index (χ2v) is 9.56. The van der Waals surface area contributed by atoms with Gasteiger partial charge < -0.3 is 10.1 Å². The molecule has 0 aromatic heterocycles. The third-order valence-electron chi connectivity index (χ3n) is 5.10. The van der Waals surface area contributed by atoms with E-state index in [-0.39, 0.29) is 28.3 Å². The molecule has 1 saturated heterocycles. The minimum absolute atomic E-state index is 0.0362. The smallest absolute Gasteiger partial charge is 0.338 e. The number of rotatable bonds is 7. The molecule has 28 heavy (non-hydrogen) atoms. The summed E-state index contributed by atoms with van der Waals surface area (Å²) >= 11 is 0. The van der Waals surface area contributed by atoms with Crippen LogP contribution in [-0.2, 0) is 19.6 Å². The molecule has 1 amide bonds. The maximum Gasteiger partial charge on any atom is 0.338 e. The molecule has 0 radical (unpaired) electrons. The Morgan fingerprint density at radius 1 is 1.14 bits per heavy atom. The van der Waals surface area contributed by atoms with Crippen LogP contribution in [-0.4, -0.2) is 50.3 Å². The lowest BCUT2D eigenvalue weighted by Gasteiger charge is -2.26. The predicted molar refractivity (Wildman–Crippen MR) is 107 cm³/mol. The summed E-state index contributed by atoms with van der Waals surface area (Å²) in [6.45, 7) is 8.12. The van der Waals surface area contributed by atoms with E-state index in [1.54, 1.807) is 13.0 Å². The second kappa shape index (κ2) is 9.52. The van der Waals surface area contributed by atoms with Crippen LogP contribution < -0.4 is 5.32 Å². The molecule has 1 fully saturated rings. The van der Waals surface area contributed by atoms with Gasteiger partial charge in [0.15, 0.2) is 6.61 Å². The number of benzene rings is 1. The number of nitrogens with zero attached hydrogens (tertiary/aromatic N) is 1. The van der Waals surface area contributed by atoms with Gasteiger partial charge in [-0.15, -0.1) is 0 Å². The van der Waals surface area contributed by atoms with Gasteiger partial charge in [-0.3, -0.25) is 4.79 Å². The van der Waals surface area contributed by atoms with Gasteiger partial charge in [-0.2, -0.15) is 4.31 Å². The van der Waals surface area contributed by atoms with Gasteiger partial charge in [-0.25, -0.2) is 13.2 Å². The van der Waals surface area contributed by atoms with Crippen molar-refractivity contribution in [2.24, 2.45) is 5.92 Å². The van der Waals surface area contributed by atoms with Gasteiger partial charge in [0.05, 0.1) is 10.5 Å². The third-order valence-corrected chi connectivity index (χ3v) is 7.00. The largest absolute Gasteiger partial charge is 0.452 e. The molecule has 2 rings (SSSR count). The summed E-state index contributed by atoms with van der Waals surface area (Å²) in [4.78, 5) is 24.4. The van der Waals surface area contributed by atoms with E-state index in [0.717, 1.165) is 19.3 Å². The van der Waals surface area contributed by atoms with Crippen LogP contribution in [0.15, 0.2) is 23.1 Å². The van der Waals surface area contributed by atoms with Crippen molar-refractivity contribution in [3.63, 3.8) is 0 Å². The quantitative estimate of drug-likeness (QED) is 0.697. The average Bonchev–Trinajstić information content (AvgIpc) is 2.66. The number of aryl methyl sites for hydroxylation is 1. The van der Waals surface area contributed by atoms with E-state index in [2.05, 4.69) is 5.32 Å². The molecule has 1 aromatic rings. The number of hydrogen-bond acceptors (Lipinski definition) is 5. The Bertz CT molecular complexity index is 814. The van der Waals surface area contributed by atoms with Crippen LogP contribution in [0.5, 0.6) is 0 Å². The molecular formula is C20H30N2O5S. The Kier molecular flexibility index (Phi) is 7.60. The minimum atomic E-state index is -3.65. The van der Waals surface area contributed by atoms with E-state index in [1.807, 2.05) is 20.8 Å². The van der Waals surface area contributed by atoms with Crippen LogP contribution >= 0.6 is 0 Å². The number of ether oxygens (including phenoxy) is 1. The molecule has 1 aliphatic rings. The predicted octanol–water partition coefficient (Wildman–Crippen LogP) is 2.49. The van der Waals surface area contributed by atoms with Gasteiger partial charge in [0.2, 0.25) is 10.0 Å². The lowest BCUT2D eigenvalue weighted by Crippen LogP contribution is -2.38. The molecule has 1 N–H and O–H groups in total. The number of hydrogen-bond donors (Lipinski definition) is 1. The number of carbonyl (C=O) groups excluding carboxylic acids is 2. The number of piperidine rings is 1. The van der Waals surface area contributed by atoms with Crippen LogP contribution in [0, 0.1) is 12.8 Å². The van der Waals surface area contributed by atoms with Crippen molar-refractivity contribution >= 4 is 21.9 Å². The highest BCUT2D eigenvalue weighted by Crippen LogP contribution is 2.23. The van der Waals surface area contributed by atoms with Crippen LogP contribution in [0.4, 0.5) is 0 Å². The van der Waals surface area contributed by atoms with Crippen LogP contribution in [0.2, 0.25) is 0 Å². The average molecular weight is 411 g/mol. The first kappa shape index (κ1) is 22.4. The van der Waals surface area contributed by atoms with E-state index in [0.29, 0.717) is 18.7 Å². The zero-order chi connectivity index (χ0) is 20.9. The zero-order valence-electron chi connectivity index (χ0n) is 17.0. The van der Waals surface area contributed by atoms with E-state index in [9.17, 15) is 18.0 Å². The first-order chi connectivity index (χ1) is 13.1. The fraction of sp³-hybridized carbons (Fsp3) is 0.600. The topological polar surface area (TPSA) is 92.8 Å². The number of nitrogens with one attached hydrogen (secondary N) is 1. The standard InChI is InChI=1S/C20H30N2O5S/c1-14(2)16(4)21-19(23)13-27-20(24)18-12-17(9-8-15(18)3)28(25,26)22-10-6-5-7-11-22/h8-9,12,14,16H,5-7,10-11,13H2,1-4H3,(H,21,23)/t16-/m1/s1. The molecule has 8 heteroatoms. The fourth-order valence-corrected chi connectivity index (χ4v) is 4.45. The Hall–Kier alpha value is -1.93. The van der Waals surface area contributed by atoms with Gasteiger partial charge in [0.25, 0.3) is 5.91 Å². The normalized spacial score (nSPS) is 16.6. The Labute approximate surface area is 167 Å². The van der Waals surface area contributed by atoms with Crippen molar-refractivity contribution in [3.05, 3.63) is 29.3 Å². The van der Waals surface area contributed by atoms with E-state index in [1.165, 1.54) is 16.4 Å². The fourth-order valence-electron chi connectivity index (χ4n) is 2.91. The maximum absolute atomic E-state index is 12.8. The maximum atomic E-state index is 12.8. The third kappa shape index (κ3) is 5.54. The molecule has 1 aliphatic heterocycles. The summed E-state index contributed by atoms with van der Waals surface area (Å²) in [6, 6.07) is 4.41. The monoisotopic (exact) mass is 410 g/mol. The minimum Gasteiger partial charge on any atom is -0.452 e. The van der Waals surface area contributed by atoms with Crippen molar-refractivity contribution in [3.8, 4) is 0 Å². The molecule has 7 nitrogen and oxygen atoms in total. The lowest BCUT2D eigenvalue weighted by molar-refractivity contribution is -0.125. The molecule has 1 aromatic carbocycles. The molecular weight excluding hydrogens is 380 g/mol. The summed E-state index contributed by atoms with van der Waals surface area (Å²) < 4.78 is 32.2. The summed E-state index contributed by atoms with van der Waals surface area (Å²) in [5, 5.41) is 2.76. The Morgan fingerprint density at radius 2 is 1.79 bits per heavy atom. The summed E-state index contributed by atoms with van der Waals surface area (Å²) in [5.74, 6) is -0.830. The summed E-state index contributed by atoms with van der Waals surface area (Å²) in [5.41, 5.74) is 0.751. The van der Waals surface area contributed by atoms with Crippen molar-refractivity contribution in [2.45, 2.75) is 57.9 Å². The number of amides is 1. The van der Waals surface area contributed by atoms with Crippen molar-refractivity contribution in [1.82, 2.24) is 9.62 Å². The first-order valence-corrected chi connectivity index (χ1v) is 11.1. The van der Waals surface area contributed by atoms with Crippen LogP contribution in [0.1, 0.15) is 56.0 Å². The van der Waals surface area contributed by atoms with Gasteiger partial charge in [-0.1, -0.05) is 26.3 Å². The number of esters is 1. The molecule has 1 atom stereocenters. The first-order valence-electron chi connectivity index (χ1n) is 9.70. The number of carbonyl (C=O) groups is 2. The van der Waals surface area contributed by atoms with Crippen LogP contribution in [0.25, 0.3) is 0 Å². The second-order valence-electron chi connectivity index (χ2n) is 7.62. The van der Waals surface area contributed by atoms with Gasteiger partial charge in [-0.05, 0) is 50.3 Å². The highest BCUT2D eigenvalue weighted by Gasteiger charge is 2.27. The van der Waals surface area contributed by atoms with Crippen LogP contribution in [0.3, 0.4) is 0 Å². The highest BCUT2D eigenvalue weighted by atomic mass is 32.2. The molecule has 0 spiro atoms. The molecule has 0 aliphatic carbocycles. The molecule has 156 valence electrons. The Morgan fingerprint density at radius 3 is 2.39 bits per heavy atom.